The van der Waals surface area contributed by atoms with E-state index in [4.69, 9.17) is 9.47 Å². The van der Waals surface area contributed by atoms with Gasteiger partial charge in [0.2, 0.25) is 0 Å². The van der Waals surface area contributed by atoms with E-state index in [9.17, 15) is 19.7 Å². The van der Waals surface area contributed by atoms with Crippen LogP contribution >= 0.6 is 11.8 Å². The number of carbonyl (C=O) groups excluding carboxylic acids is 2. The summed E-state index contributed by atoms with van der Waals surface area (Å²) in [6, 6.07) is 17.6. The third-order valence-electron chi connectivity index (χ3n) is 4.11. The maximum atomic E-state index is 12.0. The number of rotatable bonds is 8. The van der Waals surface area contributed by atoms with Gasteiger partial charge in [0, 0.05) is 11.0 Å². The number of nitrogens with one attached hydrogen (secondary N) is 1. The number of anilines is 1. The van der Waals surface area contributed by atoms with Gasteiger partial charge in [0.25, 0.3) is 11.6 Å². The van der Waals surface area contributed by atoms with Gasteiger partial charge in [0.1, 0.15) is 5.75 Å². The molecule has 1 N–H and O–H groups in total. The van der Waals surface area contributed by atoms with E-state index in [1.807, 2.05) is 42.5 Å². The zero-order chi connectivity index (χ0) is 21.5. The highest BCUT2D eigenvalue weighted by Crippen LogP contribution is 2.29. The van der Waals surface area contributed by atoms with Gasteiger partial charge in [0.15, 0.2) is 6.61 Å². The number of nitrogens with zero attached hydrogens (tertiary/aromatic N) is 1. The summed E-state index contributed by atoms with van der Waals surface area (Å²) in [5.41, 5.74) is 0.0803. The van der Waals surface area contributed by atoms with Crippen LogP contribution in [-0.4, -0.2) is 36.3 Å². The van der Waals surface area contributed by atoms with Crippen molar-refractivity contribution in [2.24, 2.45) is 0 Å². The standard InChI is InChI=1S/C21H18N2O6S/c1-28-19-11-16(23(26)27)7-9-18(19)22-20(24)12-29-21(25)13-30-17-8-6-14-4-2-3-5-15(14)10-17/h2-11H,12-13H2,1H3,(H,22,24). The molecule has 0 spiro atoms. The van der Waals surface area contributed by atoms with Crippen molar-refractivity contribution in [3.8, 4) is 5.75 Å². The zero-order valence-corrected chi connectivity index (χ0v) is 16.8. The number of methoxy groups -OCH3 is 1. The number of benzene rings is 3. The lowest BCUT2D eigenvalue weighted by Gasteiger charge is -2.10. The molecule has 3 rings (SSSR count). The second-order valence-electron chi connectivity index (χ2n) is 6.15. The predicted molar refractivity (Wildman–Crippen MR) is 114 cm³/mol. The molecule has 0 bridgehead atoms. The molecule has 0 aliphatic carbocycles. The van der Waals surface area contributed by atoms with Crippen LogP contribution in [0.5, 0.6) is 5.75 Å². The third kappa shape index (κ3) is 5.48. The van der Waals surface area contributed by atoms with Gasteiger partial charge in [-0.1, -0.05) is 30.3 Å². The largest absolute Gasteiger partial charge is 0.494 e. The fourth-order valence-corrected chi connectivity index (χ4v) is 3.41. The molecule has 0 radical (unpaired) electrons. The molecule has 0 unspecified atom stereocenters. The summed E-state index contributed by atoms with van der Waals surface area (Å²) in [6.45, 7) is -0.475. The van der Waals surface area contributed by atoms with Crippen LogP contribution in [0.4, 0.5) is 11.4 Å². The molecule has 3 aromatic carbocycles. The van der Waals surface area contributed by atoms with Crippen molar-refractivity contribution in [2.45, 2.75) is 4.90 Å². The minimum absolute atomic E-state index is 0.0620. The minimum Gasteiger partial charge on any atom is -0.494 e. The molecule has 0 aromatic heterocycles. The van der Waals surface area contributed by atoms with Crippen molar-refractivity contribution < 1.29 is 24.0 Å². The van der Waals surface area contributed by atoms with E-state index in [1.54, 1.807) is 0 Å². The van der Waals surface area contributed by atoms with Crippen molar-refractivity contribution in [3.05, 3.63) is 70.8 Å². The highest BCUT2D eigenvalue weighted by atomic mass is 32.2. The molecule has 0 saturated carbocycles. The van der Waals surface area contributed by atoms with Crippen LogP contribution in [0.3, 0.4) is 0 Å². The molecule has 3 aromatic rings. The van der Waals surface area contributed by atoms with E-state index in [1.165, 1.54) is 37.1 Å². The Morgan fingerprint density at radius 1 is 1.07 bits per heavy atom. The molecule has 1 amide bonds. The molecule has 0 aliphatic heterocycles. The van der Waals surface area contributed by atoms with Crippen LogP contribution in [-0.2, 0) is 14.3 Å². The van der Waals surface area contributed by atoms with E-state index in [0.29, 0.717) is 0 Å². The van der Waals surface area contributed by atoms with Crippen LogP contribution in [0.2, 0.25) is 0 Å². The molecule has 0 fully saturated rings. The Kier molecular flexibility index (Phi) is 6.87. The van der Waals surface area contributed by atoms with E-state index in [-0.39, 0.29) is 22.9 Å². The molecule has 30 heavy (non-hydrogen) atoms. The number of hydrogen-bond donors (Lipinski definition) is 1. The molecule has 154 valence electrons. The van der Waals surface area contributed by atoms with Gasteiger partial charge in [-0.15, -0.1) is 11.8 Å². The molecule has 0 saturated heterocycles. The average molecular weight is 426 g/mol. The molecule has 9 heteroatoms. The third-order valence-corrected chi connectivity index (χ3v) is 5.08. The normalized spacial score (nSPS) is 10.4. The fraction of sp³-hybridized carbons (Fsp3) is 0.143. The number of fused-ring (bicyclic) bond motifs is 1. The van der Waals surface area contributed by atoms with Crippen LogP contribution in [0.25, 0.3) is 10.8 Å². The molecular formula is C21H18N2O6S. The highest BCUT2D eigenvalue weighted by molar-refractivity contribution is 8.00. The summed E-state index contributed by atoms with van der Waals surface area (Å²) in [5.74, 6) is -0.909. The Bertz CT molecular complexity index is 1100. The van der Waals surface area contributed by atoms with Gasteiger partial charge in [-0.05, 0) is 29.0 Å². The maximum absolute atomic E-state index is 12.0. The summed E-state index contributed by atoms with van der Waals surface area (Å²) in [4.78, 5) is 35.2. The number of hydrogen-bond acceptors (Lipinski definition) is 7. The molecule has 0 atom stereocenters. The highest BCUT2D eigenvalue weighted by Gasteiger charge is 2.14. The number of amides is 1. The van der Waals surface area contributed by atoms with Crippen molar-refractivity contribution in [2.75, 3.05) is 24.8 Å². The lowest BCUT2D eigenvalue weighted by Crippen LogP contribution is -2.21. The SMILES string of the molecule is COc1cc([N+](=O)[O-])ccc1NC(=O)COC(=O)CSc1ccc2ccccc2c1. The van der Waals surface area contributed by atoms with E-state index >= 15 is 0 Å². The summed E-state index contributed by atoms with van der Waals surface area (Å²) in [6.07, 6.45) is 0. The number of thioether (sulfide) groups is 1. The first-order chi connectivity index (χ1) is 14.5. The van der Waals surface area contributed by atoms with E-state index in [0.717, 1.165) is 15.7 Å². The fourth-order valence-electron chi connectivity index (χ4n) is 2.67. The Labute approximate surface area is 176 Å². The number of esters is 1. The second-order valence-corrected chi connectivity index (χ2v) is 7.20. The Balaban J connectivity index is 1.49. The molecular weight excluding hydrogens is 408 g/mol. The number of carbonyl (C=O) groups is 2. The van der Waals surface area contributed by atoms with Gasteiger partial charge >= 0.3 is 5.97 Å². The summed E-state index contributed by atoms with van der Waals surface area (Å²) < 4.78 is 10.1. The first kappa shape index (κ1) is 21.1. The summed E-state index contributed by atoms with van der Waals surface area (Å²) in [5, 5.41) is 15.5. The van der Waals surface area contributed by atoms with Crippen LogP contribution in [0, 0.1) is 10.1 Å². The van der Waals surface area contributed by atoms with Gasteiger partial charge < -0.3 is 14.8 Å². The van der Waals surface area contributed by atoms with Crippen LogP contribution in [0.1, 0.15) is 0 Å². The number of nitro groups is 1. The summed E-state index contributed by atoms with van der Waals surface area (Å²) >= 11 is 1.32. The van der Waals surface area contributed by atoms with Crippen molar-refractivity contribution >= 4 is 45.8 Å². The number of ether oxygens (including phenoxy) is 2. The Hall–Kier alpha value is -3.59. The van der Waals surface area contributed by atoms with Crippen molar-refractivity contribution in [3.63, 3.8) is 0 Å². The Morgan fingerprint density at radius 2 is 1.83 bits per heavy atom. The van der Waals surface area contributed by atoms with Gasteiger partial charge in [-0.25, -0.2) is 0 Å². The van der Waals surface area contributed by atoms with Crippen molar-refractivity contribution in [1.29, 1.82) is 0 Å². The molecule has 8 nitrogen and oxygen atoms in total. The first-order valence-corrected chi connectivity index (χ1v) is 9.84. The summed E-state index contributed by atoms with van der Waals surface area (Å²) in [7, 11) is 1.33. The van der Waals surface area contributed by atoms with Crippen LogP contribution < -0.4 is 10.1 Å². The Morgan fingerprint density at radius 3 is 2.57 bits per heavy atom. The van der Waals surface area contributed by atoms with Crippen molar-refractivity contribution in [1.82, 2.24) is 0 Å². The lowest BCUT2D eigenvalue weighted by molar-refractivity contribution is -0.384. The van der Waals surface area contributed by atoms with Crippen LogP contribution in [0.15, 0.2) is 65.6 Å². The molecule has 0 heterocycles. The zero-order valence-electron chi connectivity index (χ0n) is 16.0. The number of nitro benzene ring substituents is 1. The average Bonchev–Trinajstić information content (AvgIpc) is 2.76. The minimum atomic E-state index is -0.578. The van der Waals surface area contributed by atoms with E-state index in [2.05, 4.69) is 5.32 Å². The predicted octanol–water partition coefficient (Wildman–Crippen LogP) is 4.03. The van der Waals surface area contributed by atoms with Gasteiger partial charge in [-0.2, -0.15) is 0 Å². The second kappa shape index (κ2) is 9.75. The van der Waals surface area contributed by atoms with Gasteiger partial charge in [-0.3, -0.25) is 19.7 Å². The maximum Gasteiger partial charge on any atom is 0.316 e. The monoisotopic (exact) mass is 426 g/mol. The van der Waals surface area contributed by atoms with E-state index < -0.39 is 23.4 Å². The number of non-ortho nitro benzene ring substituents is 1. The van der Waals surface area contributed by atoms with Gasteiger partial charge in [0.05, 0.1) is 29.5 Å². The smallest absolute Gasteiger partial charge is 0.316 e. The quantitative estimate of drug-likeness (QED) is 0.251. The lowest BCUT2D eigenvalue weighted by atomic mass is 10.1. The topological polar surface area (TPSA) is 108 Å². The first-order valence-electron chi connectivity index (χ1n) is 8.86. The molecule has 0 aliphatic rings.